The molecule has 5 amide bonds. The van der Waals surface area contributed by atoms with Crippen molar-refractivity contribution in [3.8, 4) is 0 Å². The molecule has 0 aromatic heterocycles. The van der Waals surface area contributed by atoms with Crippen molar-refractivity contribution < 1.29 is 19.2 Å². The second-order valence-electron chi connectivity index (χ2n) is 8.79. The standard InChI is InChI=1S/C22H27N3O4/c1-12-4-7-18(13(2)8-12)23-19(26)11-24-20(27)21(28)25(22(24)29)14(3)17-10-15-5-6-16(17)9-15/h4,7-8,14-17H,5-6,9-11H2,1-3H3,(H,23,26)/t14-,15+,16+,17-/m1/s1. The van der Waals surface area contributed by atoms with Crippen LogP contribution in [0.5, 0.6) is 0 Å². The van der Waals surface area contributed by atoms with Crippen LogP contribution in [0.25, 0.3) is 0 Å². The Bertz CT molecular complexity index is 896. The van der Waals surface area contributed by atoms with Gasteiger partial charge >= 0.3 is 17.8 Å². The molecule has 3 fully saturated rings. The number of aryl methyl sites for hydroxylation is 2. The Morgan fingerprint density at radius 1 is 1.14 bits per heavy atom. The van der Waals surface area contributed by atoms with E-state index >= 15 is 0 Å². The number of anilines is 1. The molecule has 2 saturated carbocycles. The van der Waals surface area contributed by atoms with Crippen molar-refractivity contribution in [3.05, 3.63) is 29.3 Å². The predicted molar refractivity (Wildman–Crippen MR) is 107 cm³/mol. The molecule has 1 saturated heterocycles. The van der Waals surface area contributed by atoms with Crippen molar-refractivity contribution >= 4 is 29.4 Å². The maximum atomic E-state index is 12.9. The van der Waals surface area contributed by atoms with Crippen LogP contribution in [0.15, 0.2) is 18.2 Å². The van der Waals surface area contributed by atoms with Gasteiger partial charge in [-0.15, -0.1) is 0 Å². The third-order valence-electron chi connectivity index (χ3n) is 6.86. The first-order valence-corrected chi connectivity index (χ1v) is 10.3. The molecule has 4 atom stereocenters. The zero-order valence-electron chi connectivity index (χ0n) is 17.1. The van der Waals surface area contributed by atoms with Crippen LogP contribution in [0.2, 0.25) is 0 Å². The normalized spacial score (nSPS) is 27.1. The van der Waals surface area contributed by atoms with Crippen LogP contribution < -0.4 is 5.32 Å². The molecule has 1 N–H and O–H groups in total. The van der Waals surface area contributed by atoms with E-state index in [1.165, 1.54) is 6.42 Å². The van der Waals surface area contributed by atoms with Gasteiger partial charge in [-0.25, -0.2) is 9.69 Å². The molecule has 1 aromatic rings. The van der Waals surface area contributed by atoms with E-state index in [0.717, 1.165) is 40.2 Å². The zero-order chi connectivity index (χ0) is 20.9. The second-order valence-corrected chi connectivity index (χ2v) is 8.79. The van der Waals surface area contributed by atoms with Gasteiger partial charge in [-0.05, 0) is 69.4 Å². The van der Waals surface area contributed by atoms with Crippen LogP contribution >= 0.6 is 0 Å². The lowest BCUT2D eigenvalue weighted by Gasteiger charge is -2.32. The van der Waals surface area contributed by atoms with Gasteiger partial charge in [0.15, 0.2) is 0 Å². The zero-order valence-corrected chi connectivity index (χ0v) is 17.1. The molecule has 7 nitrogen and oxygen atoms in total. The Kier molecular flexibility index (Phi) is 4.92. The number of carbonyl (C=O) groups excluding carboxylic acids is 4. The molecular weight excluding hydrogens is 370 g/mol. The van der Waals surface area contributed by atoms with Gasteiger partial charge in [-0.1, -0.05) is 24.1 Å². The number of hydrogen-bond donors (Lipinski definition) is 1. The molecule has 3 aliphatic rings. The maximum Gasteiger partial charge on any atom is 0.334 e. The fourth-order valence-electron chi connectivity index (χ4n) is 5.38. The number of amides is 5. The van der Waals surface area contributed by atoms with E-state index in [0.29, 0.717) is 17.5 Å². The van der Waals surface area contributed by atoms with Crippen LogP contribution in [0, 0.1) is 31.6 Å². The Morgan fingerprint density at radius 2 is 1.90 bits per heavy atom. The molecule has 0 spiro atoms. The highest BCUT2D eigenvalue weighted by molar-refractivity contribution is 6.45. The summed E-state index contributed by atoms with van der Waals surface area (Å²) < 4.78 is 0. The summed E-state index contributed by atoms with van der Waals surface area (Å²) in [4.78, 5) is 52.1. The van der Waals surface area contributed by atoms with Crippen LogP contribution in [0.3, 0.4) is 0 Å². The van der Waals surface area contributed by atoms with Gasteiger partial charge in [0.05, 0.1) is 0 Å². The highest BCUT2D eigenvalue weighted by Crippen LogP contribution is 2.50. The highest BCUT2D eigenvalue weighted by atomic mass is 16.2. The van der Waals surface area contributed by atoms with Crippen molar-refractivity contribution in [2.24, 2.45) is 17.8 Å². The first-order chi connectivity index (χ1) is 13.8. The van der Waals surface area contributed by atoms with E-state index in [1.807, 2.05) is 32.9 Å². The maximum absolute atomic E-state index is 12.9. The first-order valence-electron chi connectivity index (χ1n) is 10.3. The van der Waals surface area contributed by atoms with Gasteiger partial charge in [0, 0.05) is 11.7 Å². The lowest BCUT2D eigenvalue weighted by molar-refractivity contribution is -0.144. The molecule has 7 heteroatoms. The van der Waals surface area contributed by atoms with Gasteiger partial charge < -0.3 is 5.32 Å². The predicted octanol–water partition coefficient (Wildman–Crippen LogP) is 2.86. The fourth-order valence-corrected chi connectivity index (χ4v) is 5.38. The van der Waals surface area contributed by atoms with Crippen molar-refractivity contribution in [3.63, 3.8) is 0 Å². The average molecular weight is 397 g/mol. The lowest BCUT2D eigenvalue weighted by Crippen LogP contribution is -2.45. The molecule has 1 aliphatic heterocycles. The average Bonchev–Trinajstić information content (AvgIpc) is 3.35. The van der Waals surface area contributed by atoms with Crippen molar-refractivity contribution in [2.75, 3.05) is 11.9 Å². The summed E-state index contributed by atoms with van der Waals surface area (Å²) in [6.07, 6.45) is 4.51. The third-order valence-corrected chi connectivity index (χ3v) is 6.86. The summed E-state index contributed by atoms with van der Waals surface area (Å²) in [7, 11) is 0. The van der Waals surface area contributed by atoms with E-state index in [-0.39, 0.29) is 12.0 Å². The van der Waals surface area contributed by atoms with Crippen molar-refractivity contribution in [1.29, 1.82) is 0 Å². The van der Waals surface area contributed by atoms with Gasteiger partial charge in [0.1, 0.15) is 6.54 Å². The number of imide groups is 2. The summed E-state index contributed by atoms with van der Waals surface area (Å²) in [6.45, 7) is 5.22. The number of benzene rings is 1. The number of hydrogen-bond acceptors (Lipinski definition) is 4. The SMILES string of the molecule is Cc1ccc(NC(=O)CN2C(=O)C(=O)N([C@H](C)[C@H]3C[C@H]4CC[C@H]3C4)C2=O)c(C)c1. The fraction of sp³-hybridized carbons (Fsp3) is 0.545. The molecule has 29 heavy (non-hydrogen) atoms. The molecule has 2 aliphatic carbocycles. The molecular formula is C22H27N3O4. The number of fused-ring (bicyclic) bond motifs is 2. The summed E-state index contributed by atoms with van der Waals surface area (Å²) in [5.41, 5.74) is 2.58. The smallest absolute Gasteiger partial charge is 0.324 e. The Hall–Kier alpha value is -2.70. The topological polar surface area (TPSA) is 86.8 Å². The summed E-state index contributed by atoms with van der Waals surface area (Å²) >= 11 is 0. The monoisotopic (exact) mass is 397 g/mol. The second kappa shape index (κ2) is 7.28. The minimum Gasteiger partial charge on any atom is -0.324 e. The molecule has 0 unspecified atom stereocenters. The minimum atomic E-state index is -0.916. The van der Waals surface area contributed by atoms with Crippen LogP contribution in [0.1, 0.15) is 43.7 Å². The summed E-state index contributed by atoms with van der Waals surface area (Å²) in [5, 5.41) is 2.73. The molecule has 0 radical (unpaired) electrons. The molecule has 154 valence electrons. The molecule has 4 rings (SSSR count). The van der Waals surface area contributed by atoms with Crippen LogP contribution in [-0.4, -0.2) is 46.1 Å². The quantitative estimate of drug-likeness (QED) is 0.611. The Labute approximate surface area is 170 Å². The van der Waals surface area contributed by atoms with Crippen LogP contribution in [0.4, 0.5) is 10.5 Å². The Balaban J connectivity index is 1.44. The van der Waals surface area contributed by atoms with E-state index in [1.54, 1.807) is 6.07 Å². The van der Waals surface area contributed by atoms with Gasteiger partial charge in [0.2, 0.25) is 5.91 Å². The number of carbonyl (C=O) groups is 4. The summed E-state index contributed by atoms with van der Waals surface area (Å²) in [5.74, 6) is -0.784. The highest BCUT2D eigenvalue weighted by Gasteiger charge is 2.52. The Morgan fingerprint density at radius 3 is 2.52 bits per heavy atom. The number of urea groups is 1. The van der Waals surface area contributed by atoms with E-state index < -0.39 is 30.3 Å². The van der Waals surface area contributed by atoms with Crippen molar-refractivity contribution in [1.82, 2.24) is 9.80 Å². The van der Waals surface area contributed by atoms with Gasteiger partial charge in [-0.2, -0.15) is 0 Å². The number of nitrogens with zero attached hydrogens (tertiary/aromatic N) is 2. The minimum absolute atomic E-state index is 0.249. The molecule has 2 bridgehead atoms. The lowest BCUT2D eigenvalue weighted by atomic mass is 9.83. The largest absolute Gasteiger partial charge is 0.334 e. The van der Waals surface area contributed by atoms with Crippen LogP contribution in [-0.2, 0) is 14.4 Å². The van der Waals surface area contributed by atoms with E-state index in [9.17, 15) is 19.2 Å². The molecule has 1 heterocycles. The first kappa shape index (κ1) is 19.6. The van der Waals surface area contributed by atoms with Gasteiger partial charge in [-0.3, -0.25) is 19.3 Å². The van der Waals surface area contributed by atoms with E-state index in [4.69, 9.17) is 0 Å². The molecule has 1 aromatic carbocycles. The number of nitrogens with one attached hydrogen (secondary N) is 1. The van der Waals surface area contributed by atoms with Gasteiger partial charge in [0.25, 0.3) is 0 Å². The van der Waals surface area contributed by atoms with Crippen molar-refractivity contribution in [2.45, 2.75) is 52.5 Å². The van der Waals surface area contributed by atoms with E-state index in [2.05, 4.69) is 5.32 Å². The third kappa shape index (κ3) is 3.43. The summed E-state index contributed by atoms with van der Waals surface area (Å²) in [6, 6.07) is 4.60. The number of rotatable bonds is 5.